The summed E-state index contributed by atoms with van der Waals surface area (Å²) >= 11 is 1.86. The summed E-state index contributed by atoms with van der Waals surface area (Å²) in [5, 5.41) is 5.69. The van der Waals surface area contributed by atoms with Crippen LogP contribution in [-0.2, 0) is 12.5 Å². The van der Waals surface area contributed by atoms with Crippen LogP contribution in [0.1, 0.15) is 39.7 Å². The number of aromatic nitrogens is 2. The van der Waals surface area contributed by atoms with Crippen molar-refractivity contribution in [3.05, 3.63) is 11.8 Å². The molecule has 0 atom stereocenters. The third-order valence-corrected chi connectivity index (χ3v) is 3.23. The molecule has 80 valence electrons. The fourth-order valence-electron chi connectivity index (χ4n) is 1.29. The van der Waals surface area contributed by atoms with Crippen LogP contribution in [0, 0.1) is 0 Å². The number of hydrogen-bond donors (Lipinski definition) is 0. The standard InChI is InChI=1S/C11H20N2S/c1-6-7-14-10-9(11(2,3)4)8-13(5)12-10/h8H,6-7H2,1-5H3. The van der Waals surface area contributed by atoms with E-state index in [0.29, 0.717) is 0 Å². The molecule has 0 saturated heterocycles. The Bertz CT molecular complexity index is 297. The molecule has 2 nitrogen and oxygen atoms in total. The summed E-state index contributed by atoms with van der Waals surface area (Å²) in [7, 11) is 1.99. The highest BCUT2D eigenvalue weighted by Crippen LogP contribution is 2.31. The molecule has 0 aliphatic carbocycles. The first-order chi connectivity index (χ1) is 6.45. The number of hydrogen-bond acceptors (Lipinski definition) is 2. The van der Waals surface area contributed by atoms with Gasteiger partial charge < -0.3 is 0 Å². The minimum Gasteiger partial charge on any atom is -0.274 e. The number of thioether (sulfide) groups is 1. The lowest BCUT2D eigenvalue weighted by atomic mass is 9.90. The third kappa shape index (κ3) is 2.77. The van der Waals surface area contributed by atoms with E-state index >= 15 is 0 Å². The second kappa shape index (κ2) is 4.39. The van der Waals surface area contributed by atoms with E-state index in [1.807, 2.05) is 23.5 Å². The monoisotopic (exact) mass is 212 g/mol. The summed E-state index contributed by atoms with van der Waals surface area (Å²) in [4.78, 5) is 0. The van der Waals surface area contributed by atoms with Crippen LogP contribution in [0.4, 0.5) is 0 Å². The van der Waals surface area contributed by atoms with Crippen molar-refractivity contribution in [2.75, 3.05) is 5.75 Å². The molecule has 0 aliphatic rings. The largest absolute Gasteiger partial charge is 0.274 e. The second-order valence-electron chi connectivity index (χ2n) is 4.62. The molecular formula is C11H20N2S. The normalized spacial score (nSPS) is 12.1. The molecule has 0 fully saturated rings. The van der Waals surface area contributed by atoms with Crippen LogP contribution < -0.4 is 0 Å². The van der Waals surface area contributed by atoms with Crippen LogP contribution in [0.2, 0.25) is 0 Å². The highest BCUT2D eigenvalue weighted by molar-refractivity contribution is 7.99. The predicted octanol–water partition coefficient (Wildman–Crippen LogP) is 3.22. The van der Waals surface area contributed by atoms with E-state index in [1.165, 1.54) is 17.0 Å². The van der Waals surface area contributed by atoms with Gasteiger partial charge >= 0.3 is 0 Å². The van der Waals surface area contributed by atoms with Gasteiger partial charge in [-0.3, -0.25) is 4.68 Å². The number of aryl methyl sites for hydroxylation is 1. The molecule has 0 aromatic carbocycles. The van der Waals surface area contributed by atoms with Crippen molar-refractivity contribution in [1.29, 1.82) is 0 Å². The predicted molar refractivity (Wildman–Crippen MR) is 62.9 cm³/mol. The van der Waals surface area contributed by atoms with Crippen LogP contribution in [0.3, 0.4) is 0 Å². The third-order valence-electron chi connectivity index (χ3n) is 2.05. The van der Waals surface area contributed by atoms with Gasteiger partial charge in [-0.05, 0) is 17.6 Å². The number of nitrogens with zero attached hydrogens (tertiary/aromatic N) is 2. The number of rotatable bonds is 3. The van der Waals surface area contributed by atoms with Gasteiger partial charge in [0, 0.05) is 18.8 Å². The van der Waals surface area contributed by atoms with Crippen LogP contribution in [0.25, 0.3) is 0 Å². The molecule has 0 unspecified atom stereocenters. The molecule has 0 bridgehead atoms. The summed E-state index contributed by atoms with van der Waals surface area (Å²) in [6.07, 6.45) is 3.34. The van der Waals surface area contributed by atoms with E-state index in [4.69, 9.17) is 0 Å². The van der Waals surface area contributed by atoms with Gasteiger partial charge in [0.1, 0.15) is 5.03 Å². The molecule has 1 heterocycles. The maximum atomic E-state index is 4.49. The van der Waals surface area contributed by atoms with Crippen molar-refractivity contribution in [2.24, 2.45) is 7.05 Å². The summed E-state index contributed by atoms with van der Waals surface area (Å²) in [6, 6.07) is 0. The molecule has 0 saturated carbocycles. The van der Waals surface area contributed by atoms with Gasteiger partial charge in [-0.2, -0.15) is 5.10 Å². The lowest BCUT2D eigenvalue weighted by molar-refractivity contribution is 0.577. The maximum Gasteiger partial charge on any atom is 0.122 e. The summed E-state index contributed by atoms with van der Waals surface area (Å²) < 4.78 is 1.92. The first-order valence-corrected chi connectivity index (χ1v) is 6.10. The first kappa shape index (κ1) is 11.6. The lowest BCUT2D eigenvalue weighted by Gasteiger charge is -2.17. The Morgan fingerprint density at radius 2 is 2.07 bits per heavy atom. The van der Waals surface area contributed by atoms with Crippen molar-refractivity contribution in [2.45, 2.75) is 44.6 Å². The summed E-state index contributed by atoms with van der Waals surface area (Å²) in [6.45, 7) is 8.91. The molecule has 0 radical (unpaired) electrons. The smallest absolute Gasteiger partial charge is 0.122 e. The van der Waals surface area contributed by atoms with E-state index in [-0.39, 0.29) is 5.41 Å². The fourth-order valence-corrected chi connectivity index (χ4v) is 2.39. The van der Waals surface area contributed by atoms with Gasteiger partial charge in [-0.15, -0.1) is 11.8 Å². The Morgan fingerprint density at radius 1 is 1.43 bits per heavy atom. The van der Waals surface area contributed by atoms with E-state index in [0.717, 1.165) is 5.75 Å². The van der Waals surface area contributed by atoms with E-state index in [9.17, 15) is 0 Å². The molecule has 0 spiro atoms. The van der Waals surface area contributed by atoms with Crippen molar-refractivity contribution in [3.8, 4) is 0 Å². The fraction of sp³-hybridized carbons (Fsp3) is 0.727. The second-order valence-corrected chi connectivity index (χ2v) is 5.70. The SMILES string of the molecule is CCCSc1nn(C)cc1C(C)(C)C. The lowest BCUT2D eigenvalue weighted by Crippen LogP contribution is -2.11. The maximum absolute atomic E-state index is 4.49. The van der Waals surface area contributed by atoms with Crippen LogP contribution in [0.5, 0.6) is 0 Å². The Labute approximate surface area is 91.1 Å². The van der Waals surface area contributed by atoms with Gasteiger partial charge in [0.25, 0.3) is 0 Å². The summed E-state index contributed by atoms with van der Waals surface area (Å²) in [5.41, 5.74) is 1.56. The zero-order valence-corrected chi connectivity index (χ0v) is 10.6. The van der Waals surface area contributed by atoms with Gasteiger partial charge in [-0.1, -0.05) is 27.7 Å². The molecule has 0 amide bonds. The summed E-state index contributed by atoms with van der Waals surface area (Å²) in [5.74, 6) is 1.15. The molecule has 1 aromatic rings. The van der Waals surface area contributed by atoms with Gasteiger partial charge in [0.2, 0.25) is 0 Å². The highest BCUT2D eigenvalue weighted by Gasteiger charge is 2.20. The van der Waals surface area contributed by atoms with E-state index in [1.54, 1.807) is 0 Å². The van der Waals surface area contributed by atoms with Gasteiger partial charge in [0.15, 0.2) is 0 Å². The molecule has 3 heteroatoms. The zero-order chi connectivity index (χ0) is 10.8. The minimum atomic E-state index is 0.199. The average molecular weight is 212 g/mol. The van der Waals surface area contributed by atoms with E-state index < -0.39 is 0 Å². The minimum absolute atomic E-state index is 0.199. The van der Waals surface area contributed by atoms with E-state index in [2.05, 4.69) is 39.0 Å². The first-order valence-electron chi connectivity index (χ1n) is 5.12. The Kier molecular flexibility index (Phi) is 3.65. The molecule has 1 rings (SSSR count). The van der Waals surface area contributed by atoms with Gasteiger partial charge in [0.05, 0.1) is 0 Å². The van der Waals surface area contributed by atoms with Crippen LogP contribution >= 0.6 is 11.8 Å². The zero-order valence-electron chi connectivity index (χ0n) is 9.79. The average Bonchev–Trinajstić information content (AvgIpc) is 2.42. The molecule has 1 aromatic heterocycles. The van der Waals surface area contributed by atoms with Crippen LogP contribution in [0.15, 0.2) is 11.2 Å². The Morgan fingerprint density at radius 3 is 2.57 bits per heavy atom. The van der Waals surface area contributed by atoms with Crippen LogP contribution in [-0.4, -0.2) is 15.5 Å². The molecular weight excluding hydrogens is 192 g/mol. The Balaban J connectivity index is 2.91. The highest BCUT2D eigenvalue weighted by atomic mass is 32.2. The Hall–Kier alpha value is -0.440. The quantitative estimate of drug-likeness (QED) is 0.716. The van der Waals surface area contributed by atoms with Gasteiger partial charge in [-0.25, -0.2) is 0 Å². The van der Waals surface area contributed by atoms with Crippen molar-refractivity contribution in [1.82, 2.24) is 9.78 Å². The molecule has 14 heavy (non-hydrogen) atoms. The topological polar surface area (TPSA) is 17.8 Å². The molecule has 0 N–H and O–H groups in total. The van der Waals surface area contributed by atoms with Crippen molar-refractivity contribution >= 4 is 11.8 Å². The molecule has 0 aliphatic heterocycles. The van der Waals surface area contributed by atoms with Crippen molar-refractivity contribution < 1.29 is 0 Å². The van der Waals surface area contributed by atoms with Crippen molar-refractivity contribution in [3.63, 3.8) is 0 Å².